The predicted molar refractivity (Wildman–Crippen MR) is 99.2 cm³/mol. The number of benzene rings is 2. The summed E-state index contributed by atoms with van der Waals surface area (Å²) in [6, 6.07) is 8.81. The molecule has 0 spiro atoms. The molecule has 0 saturated carbocycles. The van der Waals surface area contributed by atoms with Gasteiger partial charge in [-0.25, -0.2) is 12.8 Å². The first-order valence-corrected chi connectivity index (χ1v) is 10.2. The van der Waals surface area contributed by atoms with Crippen LogP contribution in [0.4, 0.5) is 18.9 Å². The number of rotatable bonds is 4. The Labute approximate surface area is 165 Å². The Morgan fingerprint density at radius 1 is 1.00 bits per heavy atom. The number of nitrogens with zero attached hydrogens (tertiary/aromatic N) is 2. The lowest BCUT2D eigenvalue weighted by molar-refractivity contribution is 0.0747. The van der Waals surface area contributed by atoms with Gasteiger partial charge in [0.05, 0.1) is 15.5 Å². The van der Waals surface area contributed by atoms with E-state index < -0.39 is 26.3 Å². The summed E-state index contributed by atoms with van der Waals surface area (Å²) >= 11 is 5.94. The lowest BCUT2D eigenvalue weighted by atomic mass is 10.1. The van der Waals surface area contributed by atoms with Crippen molar-refractivity contribution in [3.8, 4) is 0 Å². The second kappa shape index (κ2) is 8.00. The zero-order chi connectivity index (χ0) is 20.5. The summed E-state index contributed by atoms with van der Waals surface area (Å²) in [5.74, 6) is -4.29. The van der Waals surface area contributed by atoms with Crippen molar-refractivity contribution in [2.75, 3.05) is 31.1 Å². The molecule has 1 amide bonds. The molecule has 0 aliphatic carbocycles. The van der Waals surface area contributed by atoms with Crippen molar-refractivity contribution in [2.24, 2.45) is 0 Å². The minimum absolute atomic E-state index is 0.0447. The molecule has 3 rings (SSSR count). The molecule has 1 saturated heterocycles. The third-order valence-corrected chi connectivity index (χ3v) is 6.20. The van der Waals surface area contributed by atoms with Gasteiger partial charge < -0.3 is 9.80 Å². The van der Waals surface area contributed by atoms with Crippen molar-refractivity contribution >= 4 is 33.0 Å². The van der Waals surface area contributed by atoms with Crippen molar-refractivity contribution in [3.63, 3.8) is 0 Å². The molecule has 28 heavy (non-hydrogen) atoms. The Balaban J connectivity index is 1.66. The second-order valence-corrected chi connectivity index (χ2v) is 8.53. The topological polar surface area (TPSA) is 57.7 Å². The van der Waals surface area contributed by atoms with Crippen LogP contribution >= 0.6 is 11.6 Å². The molecular weight excluding hydrogens is 417 g/mol. The van der Waals surface area contributed by atoms with Crippen LogP contribution < -0.4 is 4.90 Å². The van der Waals surface area contributed by atoms with Crippen LogP contribution in [0.5, 0.6) is 0 Å². The van der Waals surface area contributed by atoms with Gasteiger partial charge in [-0.1, -0.05) is 11.6 Å². The highest BCUT2D eigenvalue weighted by atomic mass is 35.5. The third-order valence-electron chi connectivity index (χ3n) is 4.49. The quantitative estimate of drug-likeness (QED) is 0.742. The number of amides is 1. The molecule has 0 atom stereocenters. The average Bonchev–Trinajstić information content (AvgIpc) is 2.67. The van der Waals surface area contributed by atoms with Gasteiger partial charge in [0.1, 0.15) is 5.82 Å². The van der Waals surface area contributed by atoms with Crippen LogP contribution in [0, 0.1) is 5.82 Å². The lowest BCUT2D eigenvalue weighted by Gasteiger charge is -2.36. The SMILES string of the molecule is O=C(c1ccc(F)cc1Cl)N1CCN(c2ccc(S(=O)(=O)C(F)F)cc2)CC1. The molecule has 1 aliphatic heterocycles. The summed E-state index contributed by atoms with van der Waals surface area (Å²) in [5.41, 5.74) is 0.887. The minimum atomic E-state index is -4.63. The molecular formula is C18H16ClF3N2O3S. The number of hydrogen-bond donors (Lipinski definition) is 0. The number of anilines is 1. The molecule has 150 valence electrons. The predicted octanol–water partition coefficient (Wildman–Crippen LogP) is 3.44. The smallest absolute Gasteiger partial charge is 0.341 e. The Kier molecular flexibility index (Phi) is 5.85. The van der Waals surface area contributed by atoms with E-state index in [1.807, 2.05) is 4.90 Å². The van der Waals surface area contributed by atoms with Gasteiger partial charge >= 0.3 is 5.76 Å². The molecule has 0 N–H and O–H groups in total. The van der Waals surface area contributed by atoms with Crippen molar-refractivity contribution in [1.82, 2.24) is 4.90 Å². The van der Waals surface area contributed by atoms with E-state index in [-0.39, 0.29) is 16.5 Å². The molecule has 0 unspecified atom stereocenters. The van der Waals surface area contributed by atoms with Crippen LogP contribution in [0.2, 0.25) is 5.02 Å². The fourth-order valence-corrected chi connectivity index (χ4v) is 3.92. The molecule has 0 bridgehead atoms. The van der Waals surface area contributed by atoms with Gasteiger partial charge in [0.25, 0.3) is 5.91 Å². The first kappa shape index (κ1) is 20.5. The maximum Gasteiger partial charge on any atom is 0.341 e. The van der Waals surface area contributed by atoms with E-state index >= 15 is 0 Å². The number of hydrogen-bond acceptors (Lipinski definition) is 4. The summed E-state index contributed by atoms with van der Waals surface area (Å²) in [6.45, 7) is 1.68. The maximum atomic E-state index is 13.1. The normalized spacial score (nSPS) is 15.2. The largest absolute Gasteiger partial charge is 0.368 e. The average molecular weight is 433 g/mol. The van der Waals surface area contributed by atoms with Crippen LogP contribution in [-0.4, -0.2) is 51.2 Å². The number of sulfone groups is 1. The van der Waals surface area contributed by atoms with Gasteiger partial charge in [-0.05, 0) is 42.5 Å². The van der Waals surface area contributed by atoms with Crippen LogP contribution in [0.1, 0.15) is 10.4 Å². The zero-order valence-corrected chi connectivity index (χ0v) is 16.1. The van der Waals surface area contributed by atoms with E-state index in [0.29, 0.717) is 31.9 Å². The minimum Gasteiger partial charge on any atom is -0.368 e. The highest BCUT2D eigenvalue weighted by Gasteiger charge is 2.27. The molecule has 0 aromatic heterocycles. The highest BCUT2D eigenvalue weighted by Crippen LogP contribution is 2.24. The first-order valence-electron chi connectivity index (χ1n) is 8.31. The van der Waals surface area contributed by atoms with Crippen molar-refractivity contribution in [3.05, 3.63) is 58.9 Å². The van der Waals surface area contributed by atoms with E-state index in [4.69, 9.17) is 11.6 Å². The first-order chi connectivity index (χ1) is 13.2. The van der Waals surface area contributed by atoms with Crippen LogP contribution in [0.3, 0.4) is 0 Å². The number of carbonyl (C=O) groups excluding carboxylic acids is 1. The molecule has 2 aromatic carbocycles. The van der Waals surface area contributed by atoms with E-state index in [0.717, 1.165) is 18.2 Å². The molecule has 5 nitrogen and oxygen atoms in total. The Hall–Kier alpha value is -2.26. The standard InChI is InChI=1S/C18H16ClF3N2O3S/c19-16-11-12(20)1-6-15(16)17(25)24-9-7-23(8-10-24)13-2-4-14(5-3-13)28(26,27)18(21)22/h1-6,11,18H,7-10H2. The highest BCUT2D eigenvalue weighted by molar-refractivity contribution is 7.91. The second-order valence-electron chi connectivity index (χ2n) is 6.20. The van der Waals surface area contributed by atoms with Gasteiger partial charge in [0, 0.05) is 31.9 Å². The van der Waals surface area contributed by atoms with Crippen LogP contribution in [-0.2, 0) is 9.84 Å². The van der Waals surface area contributed by atoms with E-state index in [2.05, 4.69) is 0 Å². The fourth-order valence-electron chi connectivity index (χ4n) is 2.95. The van der Waals surface area contributed by atoms with Gasteiger partial charge in [-0.3, -0.25) is 4.79 Å². The lowest BCUT2D eigenvalue weighted by Crippen LogP contribution is -2.48. The Morgan fingerprint density at radius 3 is 2.14 bits per heavy atom. The zero-order valence-electron chi connectivity index (χ0n) is 14.5. The molecule has 1 fully saturated rings. The molecule has 10 heteroatoms. The van der Waals surface area contributed by atoms with Gasteiger partial charge in [-0.2, -0.15) is 8.78 Å². The number of alkyl halides is 2. The molecule has 0 radical (unpaired) electrons. The molecule has 2 aromatic rings. The van der Waals surface area contributed by atoms with Gasteiger partial charge in [0.2, 0.25) is 9.84 Å². The Bertz CT molecular complexity index is 976. The monoisotopic (exact) mass is 432 g/mol. The number of carbonyl (C=O) groups is 1. The van der Waals surface area contributed by atoms with Gasteiger partial charge in [0.15, 0.2) is 0 Å². The van der Waals surface area contributed by atoms with Crippen LogP contribution in [0.25, 0.3) is 0 Å². The van der Waals surface area contributed by atoms with E-state index in [1.54, 1.807) is 4.90 Å². The summed E-state index contributed by atoms with van der Waals surface area (Å²) in [5, 5.41) is 0.0447. The van der Waals surface area contributed by atoms with E-state index in [9.17, 15) is 26.4 Å². The molecule has 1 heterocycles. The number of piperazine rings is 1. The third kappa shape index (κ3) is 4.10. The summed E-state index contributed by atoms with van der Waals surface area (Å²) in [6.07, 6.45) is 0. The summed E-state index contributed by atoms with van der Waals surface area (Å²) < 4.78 is 61.3. The van der Waals surface area contributed by atoms with Crippen molar-refractivity contribution < 1.29 is 26.4 Å². The maximum absolute atomic E-state index is 13.1. The van der Waals surface area contributed by atoms with Gasteiger partial charge in [-0.15, -0.1) is 0 Å². The Morgan fingerprint density at radius 2 is 1.61 bits per heavy atom. The fraction of sp³-hybridized carbons (Fsp3) is 0.278. The molecule has 1 aliphatic rings. The number of halogens is 4. The van der Waals surface area contributed by atoms with Crippen LogP contribution in [0.15, 0.2) is 47.4 Å². The van der Waals surface area contributed by atoms with Crippen molar-refractivity contribution in [1.29, 1.82) is 0 Å². The van der Waals surface area contributed by atoms with Crippen molar-refractivity contribution in [2.45, 2.75) is 10.7 Å². The summed E-state index contributed by atoms with van der Waals surface area (Å²) in [7, 11) is -4.63. The summed E-state index contributed by atoms with van der Waals surface area (Å²) in [4.78, 5) is 15.6. The van der Waals surface area contributed by atoms with E-state index in [1.165, 1.54) is 24.3 Å².